The molecule has 0 radical (unpaired) electrons. The zero-order valence-corrected chi connectivity index (χ0v) is 11.5. The third-order valence-electron chi connectivity index (χ3n) is 2.95. The Morgan fingerprint density at radius 1 is 0.789 bits per heavy atom. The van der Waals surface area contributed by atoms with Crippen molar-refractivity contribution >= 4 is 6.08 Å². The van der Waals surface area contributed by atoms with Gasteiger partial charge in [-0.25, -0.2) is 0 Å². The lowest BCUT2D eigenvalue weighted by Crippen LogP contribution is -1.86. The fourth-order valence-electron chi connectivity index (χ4n) is 2.02. The van der Waals surface area contributed by atoms with Gasteiger partial charge in [-0.15, -0.1) is 0 Å². The molecule has 0 aliphatic heterocycles. The summed E-state index contributed by atoms with van der Waals surface area (Å²) in [4.78, 5) is 0. The number of allylic oxidation sites excluding steroid dienone is 1. The summed E-state index contributed by atoms with van der Waals surface area (Å²) in [6.07, 6.45) is 5.30. The van der Waals surface area contributed by atoms with Crippen LogP contribution in [0.25, 0.3) is 6.08 Å². The Morgan fingerprint density at radius 2 is 1.42 bits per heavy atom. The second-order valence-corrected chi connectivity index (χ2v) is 4.10. The van der Waals surface area contributed by atoms with Gasteiger partial charge in [0.1, 0.15) is 0 Å². The highest BCUT2D eigenvalue weighted by Crippen LogP contribution is 2.15. The molecule has 0 saturated heterocycles. The van der Waals surface area contributed by atoms with Gasteiger partial charge in [-0.3, -0.25) is 0 Å². The van der Waals surface area contributed by atoms with Crippen molar-refractivity contribution in [2.75, 3.05) is 0 Å². The van der Waals surface area contributed by atoms with Crippen LogP contribution in [0.5, 0.6) is 0 Å². The minimum Gasteiger partial charge on any atom is -0.0795 e. The van der Waals surface area contributed by atoms with E-state index in [2.05, 4.69) is 60.4 Å². The van der Waals surface area contributed by atoms with Crippen LogP contribution in [0.4, 0.5) is 0 Å². The molecule has 3 rings (SSSR count). The van der Waals surface area contributed by atoms with Crippen molar-refractivity contribution in [3.8, 4) is 11.8 Å². The maximum absolute atomic E-state index is 3.27. The van der Waals surface area contributed by atoms with Crippen LogP contribution in [0.1, 0.15) is 36.1 Å². The first kappa shape index (κ1) is 13.2. The zero-order valence-electron chi connectivity index (χ0n) is 11.5. The summed E-state index contributed by atoms with van der Waals surface area (Å²) in [7, 11) is 0. The molecule has 0 heterocycles. The Morgan fingerprint density at radius 3 is 2.26 bits per heavy atom. The summed E-state index contributed by atoms with van der Waals surface area (Å²) in [5.41, 5.74) is 4.73. The first-order valence-electron chi connectivity index (χ1n) is 6.79. The number of benzene rings is 2. The van der Waals surface area contributed by atoms with E-state index in [1.165, 1.54) is 11.1 Å². The average Bonchev–Trinajstić information content (AvgIpc) is 2.58. The van der Waals surface area contributed by atoms with Gasteiger partial charge < -0.3 is 0 Å². The standard InChI is InChI=1S/C17H12.C2H6/c1-3-8-16-12-13-17-9-4-2-7-15(17)11-5-10-14(16)6-1;1-2/h1-10H,11H2;1-2H3. The van der Waals surface area contributed by atoms with Crippen molar-refractivity contribution in [2.24, 2.45) is 0 Å². The molecule has 0 N–H and O–H groups in total. The van der Waals surface area contributed by atoms with Crippen molar-refractivity contribution in [1.29, 1.82) is 0 Å². The van der Waals surface area contributed by atoms with E-state index in [1.54, 1.807) is 0 Å². The van der Waals surface area contributed by atoms with Crippen molar-refractivity contribution in [3.63, 3.8) is 0 Å². The Balaban J connectivity index is 0.000000637. The highest BCUT2D eigenvalue weighted by molar-refractivity contribution is 5.62. The molecule has 0 unspecified atom stereocenters. The molecule has 0 atom stereocenters. The number of rotatable bonds is 0. The smallest absolute Gasteiger partial charge is 0.0321 e. The summed E-state index contributed by atoms with van der Waals surface area (Å²) in [6, 6.07) is 16.6. The average molecular weight is 246 g/mol. The molecule has 0 nitrogen and oxygen atoms in total. The molecular weight excluding hydrogens is 228 g/mol. The second-order valence-electron chi connectivity index (χ2n) is 4.10. The highest BCUT2D eigenvalue weighted by Gasteiger charge is 2.00. The quantitative estimate of drug-likeness (QED) is 0.592. The summed E-state index contributed by atoms with van der Waals surface area (Å²) < 4.78 is 0. The first-order chi connectivity index (χ1) is 9.43. The van der Waals surface area contributed by atoms with E-state index in [1.807, 2.05) is 26.0 Å². The Kier molecular flexibility index (Phi) is 4.59. The topological polar surface area (TPSA) is 0 Å². The Bertz CT molecular complexity index is 636. The van der Waals surface area contributed by atoms with Gasteiger partial charge in [-0.1, -0.05) is 74.2 Å². The third-order valence-corrected chi connectivity index (χ3v) is 2.95. The van der Waals surface area contributed by atoms with Crippen LogP contribution in [-0.2, 0) is 6.42 Å². The maximum atomic E-state index is 3.27. The maximum Gasteiger partial charge on any atom is 0.0321 e. The molecule has 2 aromatic rings. The molecule has 0 amide bonds. The molecule has 94 valence electrons. The fourth-order valence-corrected chi connectivity index (χ4v) is 2.02. The minimum atomic E-state index is 0.944. The van der Waals surface area contributed by atoms with Crippen LogP contribution in [0.3, 0.4) is 0 Å². The van der Waals surface area contributed by atoms with Gasteiger partial charge in [0.05, 0.1) is 0 Å². The van der Waals surface area contributed by atoms with Crippen LogP contribution < -0.4 is 0 Å². The molecule has 0 bridgehead atoms. The number of hydrogen-bond donors (Lipinski definition) is 0. The SMILES string of the molecule is C1#Cc2ccccc2CC=Cc2ccccc21.CC. The van der Waals surface area contributed by atoms with E-state index in [0.717, 1.165) is 17.5 Å². The highest BCUT2D eigenvalue weighted by atomic mass is 14.0. The fraction of sp³-hybridized carbons (Fsp3) is 0.158. The van der Waals surface area contributed by atoms with Gasteiger partial charge in [-0.2, -0.15) is 0 Å². The third kappa shape index (κ3) is 3.14. The molecule has 0 heteroatoms. The summed E-state index contributed by atoms with van der Waals surface area (Å²) >= 11 is 0. The molecule has 19 heavy (non-hydrogen) atoms. The molecular formula is C19H18. The van der Waals surface area contributed by atoms with Crippen LogP contribution in [0.2, 0.25) is 0 Å². The lowest BCUT2D eigenvalue weighted by atomic mass is 10.1. The van der Waals surface area contributed by atoms with Crippen LogP contribution in [0, 0.1) is 11.8 Å². The van der Waals surface area contributed by atoms with Gasteiger partial charge in [0.15, 0.2) is 0 Å². The van der Waals surface area contributed by atoms with Crippen LogP contribution in [0.15, 0.2) is 54.6 Å². The van der Waals surface area contributed by atoms with Crippen LogP contribution >= 0.6 is 0 Å². The van der Waals surface area contributed by atoms with E-state index >= 15 is 0 Å². The number of hydrogen-bond acceptors (Lipinski definition) is 0. The summed E-state index contributed by atoms with van der Waals surface area (Å²) in [6.45, 7) is 4.00. The van der Waals surface area contributed by atoms with E-state index in [-0.39, 0.29) is 0 Å². The van der Waals surface area contributed by atoms with Gasteiger partial charge in [0.2, 0.25) is 0 Å². The Hall–Kier alpha value is -2.26. The lowest BCUT2D eigenvalue weighted by molar-refractivity contribution is 1.26. The molecule has 0 fully saturated rings. The lowest BCUT2D eigenvalue weighted by Gasteiger charge is -1.99. The largest absolute Gasteiger partial charge is 0.0795 e. The summed E-state index contributed by atoms with van der Waals surface area (Å²) in [5.74, 6) is 6.53. The second kappa shape index (κ2) is 6.61. The molecule has 1 aliphatic rings. The molecule has 0 aromatic heterocycles. The predicted octanol–water partition coefficient (Wildman–Crippen LogP) is 4.68. The van der Waals surface area contributed by atoms with E-state index in [4.69, 9.17) is 0 Å². The van der Waals surface area contributed by atoms with Gasteiger partial charge in [-0.05, 0) is 29.7 Å². The number of fused-ring (bicyclic) bond motifs is 2. The minimum absolute atomic E-state index is 0.944. The molecule has 2 aromatic carbocycles. The van der Waals surface area contributed by atoms with Crippen molar-refractivity contribution < 1.29 is 0 Å². The first-order valence-corrected chi connectivity index (χ1v) is 6.79. The van der Waals surface area contributed by atoms with E-state index in [9.17, 15) is 0 Å². The summed E-state index contributed by atoms with van der Waals surface area (Å²) in [5, 5.41) is 0. The van der Waals surface area contributed by atoms with Gasteiger partial charge >= 0.3 is 0 Å². The van der Waals surface area contributed by atoms with Crippen LogP contribution in [-0.4, -0.2) is 0 Å². The van der Waals surface area contributed by atoms with Gasteiger partial charge in [0, 0.05) is 11.1 Å². The van der Waals surface area contributed by atoms with Crippen molar-refractivity contribution in [1.82, 2.24) is 0 Å². The van der Waals surface area contributed by atoms with Gasteiger partial charge in [0.25, 0.3) is 0 Å². The van der Waals surface area contributed by atoms with E-state index < -0.39 is 0 Å². The Labute approximate surface area is 115 Å². The molecule has 0 saturated carbocycles. The van der Waals surface area contributed by atoms with Crippen molar-refractivity contribution in [2.45, 2.75) is 20.3 Å². The monoisotopic (exact) mass is 246 g/mol. The van der Waals surface area contributed by atoms with E-state index in [0.29, 0.717) is 0 Å². The molecule has 0 spiro atoms. The zero-order chi connectivity index (χ0) is 13.5. The predicted molar refractivity (Wildman–Crippen MR) is 83.0 cm³/mol. The molecule has 1 aliphatic carbocycles. The van der Waals surface area contributed by atoms with Crippen molar-refractivity contribution in [3.05, 3.63) is 76.9 Å². The normalized spacial score (nSPS) is 11.3.